The Morgan fingerprint density at radius 1 is 1.47 bits per heavy atom. The molecule has 0 aliphatic carbocycles. The van der Waals surface area contributed by atoms with Gasteiger partial charge in [0.15, 0.2) is 0 Å². The van der Waals surface area contributed by atoms with Crippen molar-refractivity contribution in [3.8, 4) is 0 Å². The smallest absolute Gasteiger partial charge is 0.129 e. The van der Waals surface area contributed by atoms with E-state index in [0.29, 0.717) is 12.0 Å². The highest BCUT2D eigenvalue weighted by Gasteiger charge is 2.27. The molecule has 1 aliphatic heterocycles. The van der Waals surface area contributed by atoms with Gasteiger partial charge in [0.05, 0.1) is 0 Å². The second kappa shape index (κ2) is 6.90. The van der Waals surface area contributed by atoms with Crippen molar-refractivity contribution in [2.75, 3.05) is 18.0 Å². The second-order valence-electron chi connectivity index (χ2n) is 5.85. The van der Waals surface area contributed by atoms with Crippen molar-refractivity contribution >= 4 is 5.82 Å². The quantitative estimate of drug-likeness (QED) is 0.797. The van der Waals surface area contributed by atoms with Gasteiger partial charge in [0.2, 0.25) is 0 Å². The molecule has 19 heavy (non-hydrogen) atoms. The van der Waals surface area contributed by atoms with Crippen molar-refractivity contribution < 1.29 is 0 Å². The summed E-state index contributed by atoms with van der Waals surface area (Å²) in [5, 5.41) is 3.46. The third kappa shape index (κ3) is 3.69. The van der Waals surface area contributed by atoms with Crippen LogP contribution in [0.2, 0.25) is 0 Å². The summed E-state index contributed by atoms with van der Waals surface area (Å²) in [5.74, 6) is 1.86. The van der Waals surface area contributed by atoms with Crippen molar-refractivity contribution in [1.29, 1.82) is 0 Å². The topological polar surface area (TPSA) is 28.2 Å². The molecule has 0 aromatic carbocycles. The monoisotopic (exact) mass is 261 g/mol. The van der Waals surface area contributed by atoms with Crippen LogP contribution in [0.1, 0.15) is 45.6 Å². The van der Waals surface area contributed by atoms with E-state index in [1.165, 1.54) is 24.8 Å². The Morgan fingerprint density at radius 2 is 2.32 bits per heavy atom. The van der Waals surface area contributed by atoms with E-state index in [-0.39, 0.29) is 0 Å². The fourth-order valence-electron chi connectivity index (χ4n) is 2.91. The molecule has 2 rings (SSSR count). The van der Waals surface area contributed by atoms with Gasteiger partial charge in [-0.3, -0.25) is 0 Å². The number of rotatable bonds is 6. The third-order valence-corrected chi connectivity index (χ3v) is 3.93. The van der Waals surface area contributed by atoms with Gasteiger partial charge in [0.1, 0.15) is 5.82 Å². The molecular weight excluding hydrogens is 234 g/mol. The van der Waals surface area contributed by atoms with Crippen LogP contribution in [0.5, 0.6) is 0 Å². The van der Waals surface area contributed by atoms with E-state index in [1.54, 1.807) is 0 Å². The fraction of sp³-hybridized carbons (Fsp3) is 0.688. The van der Waals surface area contributed by atoms with Crippen molar-refractivity contribution in [2.45, 2.75) is 52.6 Å². The van der Waals surface area contributed by atoms with Gasteiger partial charge in [-0.25, -0.2) is 4.98 Å². The highest BCUT2D eigenvalue weighted by molar-refractivity contribution is 5.43. The molecule has 1 fully saturated rings. The molecule has 0 spiro atoms. The summed E-state index contributed by atoms with van der Waals surface area (Å²) in [6.45, 7) is 10.0. The number of nitrogens with zero attached hydrogens (tertiary/aromatic N) is 2. The first-order chi connectivity index (χ1) is 9.22. The maximum atomic E-state index is 4.58. The largest absolute Gasteiger partial charge is 0.353 e. The van der Waals surface area contributed by atoms with Gasteiger partial charge in [-0.1, -0.05) is 20.8 Å². The van der Waals surface area contributed by atoms with Gasteiger partial charge in [-0.15, -0.1) is 0 Å². The summed E-state index contributed by atoms with van der Waals surface area (Å²) < 4.78 is 0. The van der Waals surface area contributed by atoms with Crippen LogP contribution in [0, 0.1) is 5.92 Å². The van der Waals surface area contributed by atoms with Crippen molar-refractivity contribution in [3.63, 3.8) is 0 Å². The number of aromatic nitrogens is 1. The first kappa shape index (κ1) is 14.3. The van der Waals surface area contributed by atoms with E-state index in [0.717, 1.165) is 25.5 Å². The second-order valence-corrected chi connectivity index (χ2v) is 5.85. The molecule has 1 unspecified atom stereocenters. The van der Waals surface area contributed by atoms with Crippen LogP contribution in [-0.4, -0.2) is 24.1 Å². The molecule has 0 bridgehead atoms. The molecule has 0 amide bonds. The van der Waals surface area contributed by atoms with Crippen LogP contribution in [0.15, 0.2) is 18.3 Å². The molecule has 3 nitrogen and oxygen atoms in total. The molecule has 106 valence electrons. The van der Waals surface area contributed by atoms with Gasteiger partial charge < -0.3 is 10.2 Å². The van der Waals surface area contributed by atoms with Crippen molar-refractivity contribution in [2.24, 2.45) is 5.92 Å². The minimum Gasteiger partial charge on any atom is -0.353 e. The van der Waals surface area contributed by atoms with E-state index in [4.69, 9.17) is 0 Å². The summed E-state index contributed by atoms with van der Waals surface area (Å²) in [7, 11) is 0. The van der Waals surface area contributed by atoms with Gasteiger partial charge >= 0.3 is 0 Å². The van der Waals surface area contributed by atoms with E-state index >= 15 is 0 Å². The van der Waals surface area contributed by atoms with E-state index in [9.17, 15) is 0 Å². The minimum atomic E-state index is 0.659. The first-order valence-corrected chi connectivity index (χ1v) is 7.64. The highest BCUT2D eigenvalue weighted by atomic mass is 15.2. The Balaban J connectivity index is 2.05. The molecule has 1 aromatic rings. The maximum Gasteiger partial charge on any atom is 0.129 e. The lowest BCUT2D eigenvalue weighted by Crippen LogP contribution is -2.34. The number of anilines is 1. The maximum absolute atomic E-state index is 4.58. The molecule has 1 aliphatic rings. The number of nitrogens with one attached hydrogen (secondary N) is 1. The average molecular weight is 261 g/mol. The fourth-order valence-corrected chi connectivity index (χ4v) is 2.91. The summed E-state index contributed by atoms with van der Waals surface area (Å²) in [6.07, 6.45) is 5.73. The SMILES string of the molecule is CCCNCc1ccnc(N2CCCC2C(C)C)c1. The van der Waals surface area contributed by atoms with E-state index in [1.807, 2.05) is 6.20 Å². The number of pyridine rings is 1. The van der Waals surface area contributed by atoms with Crippen molar-refractivity contribution in [1.82, 2.24) is 10.3 Å². The lowest BCUT2D eigenvalue weighted by atomic mass is 10.0. The third-order valence-electron chi connectivity index (χ3n) is 3.93. The van der Waals surface area contributed by atoms with Crippen LogP contribution < -0.4 is 10.2 Å². The molecule has 2 heterocycles. The molecule has 3 heteroatoms. The molecule has 0 radical (unpaired) electrons. The van der Waals surface area contributed by atoms with Crippen molar-refractivity contribution in [3.05, 3.63) is 23.9 Å². The highest BCUT2D eigenvalue weighted by Crippen LogP contribution is 2.28. The molecule has 1 atom stereocenters. The van der Waals surface area contributed by atoms with Gasteiger partial charge in [0, 0.05) is 25.3 Å². The predicted octanol–water partition coefficient (Wildman–Crippen LogP) is 3.21. The summed E-state index contributed by atoms with van der Waals surface area (Å²) >= 11 is 0. The average Bonchev–Trinajstić information content (AvgIpc) is 2.89. The normalized spacial score (nSPS) is 19.4. The van der Waals surface area contributed by atoms with Crippen LogP contribution in [0.4, 0.5) is 5.82 Å². The number of hydrogen-bond donors (Lipinski definition) is 1. The molecule has 1 aromatic heterocycles. The van der Waals surface area contributed by atoms with E-state index < -0.39 is 0 Å². The zero-order valence-electron chi connectivity index (χ0n) is 12.5. The Hall–Kier alpha value is -1.09. The van der Waals surface area contributed by atoms with E-state index in [2.05, 4.69) is 48.1 Å². The zero-order valence-corrected chi connectivity index (χ0v) is 12.5. The van der Waals surface area contributed by atoms with Crippen LogP contribution in [-0.2, 0) is 6.54 Å². The molecule has 0 saturated carbocycles. The summed E-state index contributed by atoms with van der Waals surface area (Å²) in [6, 6.07) is 5.03. The predicted molar refractivity (Wildman–Crippen MR) is 81.4 cm³/mol. The Kier molecular flexibility index (Phi) is 5.20. The zero-order chi connectivity index (χ0) is 13.7. The van der Waals surface area contributed by atoms with Gasteiger partial charge in [-0.05, 0) is 49.4 Å². The standard InChI is InChI=1S/C16H27N3/c1-4-8-17-12-14-7-9-18-16(11-14)19-10-5-6-15(19)13(2)3/h7,9,11,13,15,17H,4-6,8,10,12H2,1-3H3. The van der Waals surface area contributed by atoms with Crippen LogP contribution in [0.3, 0.4) is 0 Å². The molecule has 1 saturated heterocycles. The lowest BCUT2D eigenvalue weighted by Gasteiger charge is -2.29. The van der Waals surface area contributed by atoms with Gasteiger partial charge in [-0.2, -0.15) is 0 Å². The Bertz CT molecular complexity index is 389. The Morgan fingerprint density at radius 3 is 3.05 bits per heavy atom. The van der Waals surface area contributed by atoms with Crippen LogP contribution >= 0.6 is 0 Å². The summed E-state index contributed by atoms with van der Waals surface area (Å²) in [4.78, 5) is 7.07. The summed E-state index contributed by atoms with van der Waals surface area (Å²) in [5.41, 5.74) is 1.34. The lowest BCUT2D eigenvalue weighted by molar-refractivity contribution is 0.489. The van der Waals surface area contributed by atoms with Crippen LogP contribution in [0.25, 0.3) is 0 Å². The molecular formula is C16H27N3. The Labute approximate surface area is 117 Å². The van der Waals surface area contributed by atoms with Gasteiger partial charge in [0.25, 0.3) is 0 Å². The molecule has 1 N–H and O–H groups in total. The number of hydrogen-bond acceptors (Lipinski definition) is 3. The first-order valence-electron chi connectivity index (χ1n) is 7.64. The minimum absolute atomic E-state index is 0.659.